The van der Waals surface area contributed by atoms with E-state index in [4.69, 9.17) is 4.74 Å². The molecular formula is C23H17N5O3S. The standard InChI is InChI=1S/C23H17N5O3S/c29-32(30,21-8-3-6-17-5-1-2-7-20(17)21)27-18-9-11-19(12-10-18)31-23-14-13-22(25-26-23)28-16-4-15-24-28/h1-16,27H. The van der Waals surface area contributed by atoms with Crippen LogP contribution in [0.2, 0.25) is 0 Å². The van der Waals surface area contributed by atoms with Crippen molar-refractivity contribution in [2.24, 2.45) is 0 Å². The number of fused-ring (bicyclic) bond motifs is 1. The molecule has 0 fully saturated rings. The lowest BCUT2D eigenvalue weighted by Crippen LogP contribution is -2.13. The number of rotatable bonds is 6. The Labute approximate surface area is 184 Å². The van der Waals surface area contributed by atoms with E-state index < -0.39 is 10.0 Å². The Morgan fingerprint density at radius 3 is 2.38 bits per heavy atom. The summed E-state index contributed by atoms with van der Waals surface area (Å²) in [6, 6.07) is 24.3. The summed E-state index contributed by atoms with van der Waals surface area (Å²) in [5, 5.41) is 13.7. The average molecular weight is 443 g/mol. The van der Waals surface area contributed by atoms with Crippen LogP contribution in [0, 0.1) is 0 Å². The monoisotopic (exact) mass is 443 g/mol. The molecule has 0 radical (unpaired) electrons. The maximum atomic E-state index is 13.0. The van der Waals surface area contributed by atoms with Gasteiger partial charge in [-0.25, -0.2) is 13.1 Å². The molecule has 0 aliphatic carbocycles. The van der Waals surface area contributed by atoms with Gasteiger partial charge in [0, 0.05) is 29.5 Å². The molecule has 0 atom stereocenters. The molecule has 3 aromatic carbocycles. The minimum absolute atomic E-state index is 0.225. The predicted octanol–water partition coefficient (Wildman–Crippen LogP) is 4.41. The lowest BCUT2D eigenvalue weighted by atomic mass is 10.1. The first-order chi connectivity index (χ1) is 15.6. The Morgan fingerprint density at radius 2 is 1.62 bits per heavy atom. The molecule has 0 unspecified atom stereocenters. The van der Waals surface area contributed by atoms with Gasteiger partial charge in [0.05, 0.1) is 4.90 Å². The van der Waals surface area contributed by atoms with Gasteiger partial charge < -0.3 is 4.74 Å². The number of sulfonamides is 1. The molecule has 32 heavy (non-hydrogen) atoms. The summed E-state index contributed by atoms with van der Waals surface area (Å²) in [6.45, 7) is 0. The zero-order valence-corrected chi connectivity index (χ0v) is 17.5. The second-order valence-electron chi connectivity index (χ2n) is 6.89. The predicted molar refractivity (Wildman–Crippen MR) is 120 cm³/mol. The fourth-order valence-electron chi connectivity index (χ4n) is 3.25. The summed E-state index contributed by atoms with van der Waals surface area (Å²) in [4.78, 5) is 0.225. The number of nitrogens with zero attached hydrogens (tertiary/aromatic N) is 4. The molecule has 0 aliphatic rings. The number of ether oxygens (including phenoxy) is 1. The van der Waals surface area contributed by atoms with Crippen molar-refractivity contribution < 1.29 is 13.2 Å². The molecule has 0 saturated heterocycles. The molecule has 9 heteroatoms. The minimum Gasteiger partial charge on any atom is -0.438 e. The first-order valence-corrected chi connectivity index (χ1v) is 11.2. The second kappa shape index (κ2) is 8.12. The third-order valence-electron chi connectivity index (χ3n) is 4.73. The lowest BCUT2D eigenvalue weighted by Gasteiger charge is -2.11. The summed E-state index contributed by atoms with van der Waals surface area (Å²) >= 11 is 0. The van der Waals surface area contributed by atoms with Crippen LogP contribution in [0.3, 0.4) is 0 Å². The van der Waals surface area contributed by atoms with Gasteiger partial charge in [0.2, 0.25) is 5.88 Å². The van der Waals surface area contributed by atoms with Crippen molar-refractivity contribution >= 4 is 26.5 Å². The van der Waals surface area contributed by atoms with Crippen LogP contribution >= 0.6 is 0 Å². The van der Waals surface area contributed by atoms with Crippen LogP contribution in [0.4, 0.5) is 5.69 Å². The van der Waals surface area contributed by atoms with Crippen LogP contribution < -0.4 is 9.46 Å². The normalized spacial score (nSPS) is 11.4. The van der Waals surface area contributed by atoms with E-state index in [0.29, 0.717) is 28.5 Å². The second-order valence-corrected chi connectivity index (χ2v) is 8.54. The van der Waals surface area contributed by atoms with Crippen molar-refractivity contribution in [1.82, 2.24) is 20.0 Å². The summed E-state index contributed by atoms with van der Waals surface area (Å²) in [5.74, 6) is 1.38. The maximum Gasteiger partial charge on any atom is 0.262 e. The van der Waals surface area contributed by atoms with E-state index in [0.717, 1.165) is 5.39 Å². The van der Waals surface area contributed by atoms with Gasteiger partial charge >= 0.3 is 0 Å². The Balaban J connectivity index is 1.31. The molecule has 2 heterocycles. The molecule has 5 aromatic rings. The number of nitrogens with one attached hydrogen (secondary N) is 1. The van der Waals surface area contributed by atoms with Crippen LogP contribution in [0.1, 0.15) is 0 Å². The van der Waals surface area contributed by atoms with Gasteiger partial charge in [0.25, 0.3) is 10.0 Å². The molecule has 0 aliphatic heterocycles. The van der Waals surface area contributed by atoms with Gasteiger partial charge in [-0.1, -0.05) is 36.4 Å². The summed E-state index contributed by atoms with van der Waals surface area (Å²) in [6.07, 6.45) is 3.42. The van der Waals surface area contributed by atoms with E-state index in [1.54, 1.807) is 77.7 Å². The highest BCUT2D eigenvalue weighted by atomic mass is 32.2. The molecule has 0 saturated carbocycles. The van der Waals surface area contributed by atoms with E-state index in [1.807, 2.05) is 24.3 Å². The third kappa shape index (κ3) is 4.01. The van der Waals surface area contributed by atoms with Crippen molar-refractivity contribution in [1.29, 1.82) is 0 Å². The summed E-state index contributed by atoms with van der Waals surface area (Å²) < 4.78 is 35.8. The van der Waals surface area contributed by atoms with E-state index in [9.17, 15) is 8.42 Å². The van der Waals surface area contributed by atoms with E-state index >= 15 is 0 Å². The molecule has 8 nitrogen and oxygen atoms in total. The molecule has 0 amide bonds. The Bertz CT molecular complexity index is 1460. The quantitative estimate of drug-likeness (QED) is 0.417. The summed E-state index contributed by atoms with van der Waals surface area (Å²) in [7, 11) is -3.76. The number of hydrogen-bond donors (Lipinski definition) is 1. The molecule has 0 spiro atoms. The lowest BCUT2D eigenvalue weighted by molar-refractivity contribution is 0.454. The van der Waals surface area contributed by atoms with Gasteiger partial charge in [0.15, 0.2) is 5.82 Å². The third-order valence-corrected chi connectivity index (χ3v) is 6.17. The average Bonchev–Trinajstić information content (AvgIpc) is 3.35. The Hall–Kier alpha value is -4.24. The highest BCUT2D eigenvalue weighted by Crippen LogP contribution is 2.26. The molecule has 0 bridgehead atoms. The SMILES string of the molecule is O=S(=O)(Nc1ccc(Oc2ccc(-n3cccn3)nn2)cc1)c1cccc2ccccc12. The van der Waals surface area contributed by atoms with Crippen LogP contribution in [-0.4, -0.2) is 28.4 Å². The van der Waals surface area contributed by atoms with Crippen LogP contribution in [0.25, 0.3) is 16.6 Å². The Morgan fingerprint density at radius 1 is 0.812 bits per heavy atom. The number of aromatic nitrogens is 4. The fourth-order valence-corrected chi connectivity index (χ4v) is 4.54. The number of hydrogen-bond acceptors (Lipinski definition) is 6. The van der Waals surface area contributed by atoms with Gasteiger partial charge in [-0.3, -0.25) is 4.72 Å². The molecule has 5 rings (SSSR count). The van der Waals surface area contributed by atoms with Gasteiger partial charge in [-0.05, 0) is 47.9 Å². The number of anilines is 1. The highest BCUT2D eigenvalue weighted by molar-refractivity contribution is 7.93. The first kappa shape index (κ1) is 19.7. The fraction of sp³-hybridized carbons (Fsp3) is 0. The van der Waals surface area contributed by atoms with E-state index in [2.05, 4.69) is 20.0 Å². The van der Waals surface area contributed by atoms with Crippen molar-refractivity contribution in [2.45, 2.75) is 4.90 Å². The largest absolute Gasteiger partial charge is 0.438 e. The molecular weight excluding hydrogens is 426 g/mol. The zero-order chi connectivity index (χ0) is 22.0. The van der Waals surface area contributed by atoms with Crippen molar-refractivity contribution in [3.8, 4) is 17.4 Å². The smallest absolute Gasteiger partial charge is 0.262 e. The number of benzene rings is 3. The van der Waals surface area contributed by atoms with Crippen molar-refractivity contribution in [3.05, 3.63) is 97.3 Å². The van der Waals surface area contributed by atoms with E-state index in [1.165, 1.54) is 0 Å². The Kier molecular flexibility index (Phi) is 5.00. The van der Waals surface area contributed by atoms with E-state index in [-0.39, 0.29) is 4.90 Å². The van der Waals surface area contributed by atoms with Crippen LogP contribution in [0.15, 0.2) is 102 Å². The topological polar surface area (TPSA) is 99.0 Å². The maximum absolute atomic E-state index is 13.0. The van der Waals surface area contributed by atoms with Crippen LogP contribution in [0.5, 0.6) is 11.6 Å². The highest BCUT2D eigenvalue weighted by Gasteiger charge is 2.17. The first-order valence-electron chi connectivity index (χ1n) is 9.71. The van der Waals surface area contributed by atoms with Gasteiger partial charge in [-0.15, -0.1) is 10.2 Å². The van der Waals surface area contributed by atoms with Crippen LogP contribution in [-0.2, 0) is 10.0 Å². The van der Waals surface area contributed by atoms with Gasteiger partial charge in [-0.2, -0.15) is 5.10 Å². The van der Waals surface area contributed by atoms with Crippen molar-refractivity contribution in [2.75, 3.05) is 4.72 Å². The molecule has 158 valence electrons. The zero-order valence-electron chi connectivity index (χ0n) is 16.7. The van der Waals surface area contributed by atoms with Gasteiger partial charge in [0.1, 0.15) is 5.75 Å². The molecule has 1 N–H and O–H groups in total. The minimum atomic E-state index is -3.76. The molecule has 2 aromatic heterocycles. The van der Waals surface area contributed by atoms with Crippen molar-refractivity contribution in [3.63, 3.8) is 0 Å². The summed E-state index contributed by atoms with van der Waals surface area (Å²) in [5.41, 5.74) is 0.422.